The third-order valence-corrected chi connectivity index (χ3v) is 2.90. The predicted octanol–water partition coefficient (Wildman–Crippen LogP) is 4.78. The Morgan fingerprint density at radius 3 is 2.05 bits per heavy atom. The first kappa shape index (κ1) is 14.4. The molecule has 0 amide bonds. The van der Waals surface area contributed by atoms with Crippen LogP contribution in [-0.4, -0.2) is 5.54 Å². The molecule has 1 N–H and O–H groups in total. The van der Waals surface area contributed by atoms with E-state index >= 15 is 0 Å². The van der Waals surface area contributed by atoms with Gasteiger partial charge in [0.1, 0.15) is 12.4 Å². The molecule has 0 radical (unpaired) electrons. The molecule has 2 aromatic rings. The van der Waals surface area contributed by atoms with Crippen molar-refractivity contribution in [3.8, 4) is 5.75 Å². The van der Waals surface area contributed by atoms with E-state index in [0.717, 1.165) is 11.4 Å². The van der Waals surface area contributed by atoms with Gasteiger partial charge in [0.25, 0.3) is 0 Å². The second kappa shape index (κ2) is 6.00. The lowest BCUT2D eigenvalue weighted by Gasteiger charge is -2.22. The molecule has 0 aromatic heterocycles. The second-order valence-electron chi connectivity index (χ2n) is 6.17. The fourth-order valence-corrected chi connectivity index (χ4v) is 1.92. The molecule has 0 atom stereocenters. The number of rotatable bonds is 4. The first-order valence-electron chi connectivity index (χ1n) is 6.99. The van der Waals surface area contributed by atoms with E-state index in [-0.39, 0.29) is 5.54 Å². The monoisotopic (exact) mass is 269 g/mol. The van der Waals surface area contributed by atoms with Gasteiger partial charge in [0.15, 0.2) is 0 Å². The molecular weight excluding hydrogens is 246 g/mol. The van der Waals surface area contributed by atoms with Crippen LogP contribution in [0.5, 0.6) is 5.75 Å². The molecule has 0 saturated carbocycles. The summed E-state index contributed by atoms with van der Waals surface area (Å²) in [6, 6.07) is 16.5. The zero-order valence-electron chi connectivity index (χ0n) is 12.7. The molecule has 0 saturated heterocycles. The standard InChI is InChI=1S/C18H23NO/c1-14-5-7-15(8-6-14)13-20-17-11-9-16(10-12-17)19-18(2,3)4/h5-12,19H,13H2,1-4H3. The summed E-state index contributed by atoms with van der Waals surface area (Å²) in [6.45, 7) is 9.14. The number of ether oxygens (including phenoxy) is 1. The maximum atomic E-state index is 5.79. The SMILES string of the molecule is Cc1ccc(COc2ccc(NC(C)(C)C)cc2)cc1. The van der Waals surface area contributed by atoms with Crippen LogP contribution in [0.1, 0.15) is 31.9 Å². The van der Waals surface area contributed by atoms with Crippen molar-refractivity contribution in [1.82, 2.24) is 0 Å². The highest BCUT2D eigenvalue weighted by Crippen LogP contribution is 2.20. The highest BCUT2D eigenvalue weighted by Gasteiger charge is 2.08. The third kappa shape index (κ3) is 4.61. The number of aryl methyl sites for hydroxylation is 1. The maximum absolute atomic E-state index is 5.79. The van der Waals surface area contributed by atoms with Crippen LogP contribution in [0.15, 0.2) is 48.5 Å². The van der Waals surface area contributed by atoms with Crippen molar-refractivity contribution in [2.75, 3.05) is 5.32 Å². The minimum Gasteiger partial charge on any atom is -0.489 e. The minimum atomic E-state index is 0.0737. The average Bonchev–Trinajstić information content (AvgIpc) is 2.38. The van der Waals surface area contributed by atoms with E-state index in [1.807, 2.05) is 12.1 Å². The lowest BCUT2D eigenvalue weighted by atomic mass is 10.1. The average molecular weight is 269 g/mol. The third-order valence-electron chi connectivity index (χ3n) is 2.90. The summed E-state index contributed by atoms with van der Waals surface area (Å²) in [5.74, 6) is 0.894. The molecule has 0 spiro atoms. The fourth-order valence-electron chi connectivity index (χ4n) is 1.92. The molecule has 0 aliphatic rings. The molecule has 20 heavy (non-hydrogen) atoms. The quantitative estimate of drug-likeness (QED) is 0.862. The molecule has 2 rings (SSSR count). The molecule has 0 fully saturated rings. The normalized spacial score (nSPS) is 11.2. The Labute approximate surface area is 121 Å². The molecule has 2 nitrogen and oxygen atoms in total. The lowest BCUT2D eigenvalue weighted by molar-refractivity contribution is 0.306. The second-order valence-corrected chi connectivity index (χ2v) is 6.17. The summed E-state index contributed by atoms with van der Waals surface area (Å²) in [5, 5.41) is 3.43. The number of hydrogen-bond acceptors (Lipinski definition) is 2. The van der Waals surface area contributed by atoms with E-state index in [1.54, 1.807) is 0 Å². The van der Waals surface area contributed by atoms with Crippen molar-refractivity contribution in [2.45, 2.75) is 39.8 Å². The fraction of sp³-hybridized carbons (Fsp3) is 0.333. The van der Waals surface area contributed by atoms with Gasteiger partial charge in [-0.1, -0.05) is 29.8 Å². The Hall–Kier alpha value is -1.96. The summed E-state index contributed by atoms with van der Waals surface area (Å²) in [5.41, 5.74) is 3.64. The minimum absolute atomic E-state index is 0.0737. The van der Waals surface area contributed by atoms with Crippen molar-refractivity contribution in [1.29, 1.82) is 0 Å². The van der Waals surface area contributed by atoms with Crippen molar-refractivity contribution in [3.05, 3.63) is 59.7 Å². The summed E-state index contributed by atoms with van der Waals surface area (Å²) >= 11 is 0. The zero-order valence-corrected chi connectivity index (χ0v) is 12.7. The zero-order chi connectivity index (χ0) is 14.6. The highest BCUT2D eigenvalue weighted by atomic mass is 16.5. The Bertz CT molecular complexity index is 535. The van der Waals surface area contributed by atoms with Gasteiger partial charge >= 0.3 is 0 Å². The van der Waals surface area contributed by atoms with Crippen molar-refractivity contribution >= 4 is 5.69 Å². The van der Waals surface area contributed by atoms with Crippen LogP contribution in [0, 0.1) is 6.92 Å². The molecule has 2 aromatic carbocycles. The molecule has 0 aliphatic carbocycles. The van der Waals surface area contributed by atoms with Crippen LogP contribution in [0.25, 0.3) is 0 Å². The van der Waals surface area contributed by atoms with Crippen LogP contribution >= 0.6 is 0 Å². The molecule has 0 aliphatic heterocycles. The summed E-state index contributed by atoms with van der Waals surface area (Å²) < 4.78 is 5.79. The van der Waals surface area contributed by atoms with Gasteiger partial charge in [-0.2, -0.15) is 0 Å². The Kier molecular flexibility index (Phi) is 4.33. The van der Waals surface area contributed by atoms with Gasteiger partial charge in [-0.25, -0.2) is 0 Å². The van der Waals surface area contributed by atoms with Gasteiger partial charge in [-0.15, -0.1) is 0 Å². The van der Waals surface area contributed by atoms with E-state index in [4.69, 9.17) is 4.74 Å². The molecule has 0 heterocycles. The number of anilines is 1. The van der Waals surface area contributed by atoms with Gasteiger partial charge < -0.3 is 10.1 Å². The van der Waals surface area contributed by atoms with Gasteiger partial charge in [-0.05, 0) is 57.5 Å². The molecular formula is C18H23NO. The van der Waals surface area contributed by atoms with Gasteiger partial charge in [-0.3, -0.25) is 0 Å². The number of benzene rings is 2. The Morgan fingerprint density at radius 1 is 0.900 bits per heavy atom. The molecule has 0 bridgehead atoms. The molecule has 0 unspecified atom stereocenters. The van der Waals surface area contributed by atoms with E-state index in [9.17, 15) is 0 Å². The first-order valence-corrected chi connectivity index (χ1v) is 6.99. The summed E-state index contributed by atoms with van der Waals surface area (Å²) in [6.07, 6.45) is 0. The highest BCUT2D eigenvalue weighted by molar-refractivity contribution is 5.47. The topological polar surface area (TPSA) is 21.3 Å². The van der Waals surface area contributed by atoms with Crippen molar-refractivity contribution in [2.24, 2.45) is 0 Å². The largest absolute Gasteiger partial charge is 0.489 e. The van der Waals surface area contributed by atoms with Crippen LogP contribution in [0.3, 0.4) is 0 Å². The number of nitrogens with one attached hydrogen (secondary N) is 1. The van der Waals surface area contributed by atoms with Crippen LogP contribution < -0.4 is 10.1 Å². The van der Waals surface area contributed by atoms with E-state index in [0.29, 0.717) is 6.61 Å². The Balaban J connectivity index is 1.92. The van der Waals surface area contributed by atoms with Crippen LogP contribution in [0.4, 0.5) is 5.69 Å². The van der Waals surface area contributed by atoms with Crippen molar-refractivity contribution in [3.63, 3.8) is 0 Å². The van der Waals surface area contributed by atoms with Crippen LogP contribution in [-0.2, 0) is 6.61 Å². The summed E-state index contributed by atoms with van der Waals surface area (Å²) in [4.78, 5) is 0. The maximum Gasteiger partial charge on any atom is 0.119 e. The predicted molar refractivity (Wildman–Crippen MR) is 85.3 cm³/mol. The molecule has 106 valence electrons. The van der Waals surface area contributed by atoms with E-state index in [1.165, 1.54) is 11.1 Å². The van der Waals surface area contributed by atoms with E-state index < -0.39 is 0 Å². The molecule has 2 heteroatoms. The number of hydrogen-bond donors (Lipinski definition) is 1. The van der Waals surface area contributed by atoms with Crippen molar-refractivity contribution < 1.29 is 4.74 Å². The summed E-state index contributed by atoms with van der Waals surface area (Å²) in [7, 11) is 0. The van der Waals surface area contributed by atoms with Gasteiger partial charge in [0, 0.05) is 11.2 Å². The first-order chi connectivity index (χ1) is 9.42. The smallest absolute Gasteiger partial charge is 0.119 e. The van der Waals surface area contributed by atoms with E-state index in [2.05, 4.69) is 69.4 Å². The van der Waals surface area contributed by atoms with Crippen LogP contribution in [0.2, 0.25) is 0 Å². The Morgan fingerprint density at radius 2 is 1.50 bits per heavy atom. The van der Waals surface area contributed by atoms with Gasteiger partial charge in [0.05, 0.1) is 0 Å². The van der Waals surface area contributed by atoms with Gasteiger partial charge in [0.2, 0.25) is 0 Å². The lowest BCUT2D eigenvalue weighted by Crippen LogP contribution is -2.25.